The first kappa shape index (κ1) is 6.91. The molecule has 1 aliphatic rings. The monoisotopic (exact) mass is 218 g/mol. The topological polar surface area (TPSA) is 0 Å². The summed E-state index contributed by atoms with van der Waals surface area (Å²) in [5.74, 6) is 0. The van der Waals surface area contributed by atoms with Crippen LogP contribution in [0.5, 0.6) is 0 Å². The fraction of sp³-hybridized carbons (Fsp3) is 1.00. The maximum absolute atomic E-state index is 1.67. The van der Waals surface area contributed by atoms with Crippen molar-refractivity contribution in [2.24, 2.45) is 0 Å². The summed E-state index contributed by atoms with van der Waals surface area (Å²) in [5.41, 5.74) is 0. The molecule has 0 amide bonds. The van der Waals surface area contributed by atoms with Gasteiger partial charge in [0.25, 0.3) is 0 Å². The molecule has 0 aliphatic carbocycles. The van der Waals surface area contributed by atoms with Gasteiger partial charge in [-0.2, -0.15) is 0 Å². The Morgan fingerprint density at radius 3 is 1.75 bits per heavy atom. The van der Waals surface area contributed by atoms with E-state index in [1.165, 1.54) is 6.42 Å². The van der Waals surface area contributed by atoms with Crippen LogP contribution in [0.15, 0.2) is 0 Å². The van der Waals surface area contributed by atoms with E-state index in [4.69, 9.17) is 0 Å². The Labute approximate surface area is 62.3 Å². The molecule has 1 fully saturated rings. The third-order valence-electron chi connectivity index (χ3n) is 1.71. The van der Waals surface area contributed by atoms with E-state index in [0.717, 1.165) is 0 Å². The minimum atomic E-state index is 0.217. The molecule has 1 saturated heterocycles. The van der Waals surface area contributed by atoms with Gasteiger partial charge in [0.05, 0.1) is 0 Å². The molecule has 0 aromatic carbocycles. The van der Waals surface area contributed by atoms with Crippen molar-refractivity contribution in [1.29, 1.82) is 0 Å². The van der Waals surface area contributed by atoms with Crippen molar-refractivity contribution in [1.82, 2.24) is 0 Å². The summed E-state index contributed by atoms with van der Waals surface area (Å²) in [6.45, 7) is 0. The Kier molecular flexibility index (Phi) is 4.02. The van der Waals surface area contributed by atoms with Crippen LogP contribution in [-0.4, -0.2) is 21.1 Å². The fourth-order valence-electron chi connectivity index (χ4n) is 1.16. The van der Waals surface area contributed by atoms with Crippen molar-refractivity contribution >= 4 is 21.1 Å². The minimum absolute atomic E-state index is 0.217. The SMILES string of the molecule is C1CC[CH2][Sn+2][CH2]CC1. The van der Waals surface area contributed by atoms with Gasteiger partial charge in [0, 0.05) is 0 Å². The van der Waals surface area contributed by atoms with Gasteiger partial charge in [-0.1, -0.05) is 0 Å². The zero-order valence-electron chi connectivity index (χ0n) is 5.45. The van der Waals surface area contributed by atoms with Crippen molar-refractivity contribution in [3.05, 3.63) is 0 Å². The molecule has 0 aromatic rings. The first-order valence-electron chi connectivity index (χ1n) is 3.71. The van der Waals surface area contributed by atoms with Crippen LogP contribution in [0.25, 0.3) is 0 Å². The summed E-state index contributed by atoms with van der Waals surface area (Å²) in [7, 11) is 0. The summed E-state index contributed by atoms with van der Waals surface area (Å²) >= 11 is 0.217. The van der Waals surface area contributed by atoms with Gasteiger partial charge >= 0.3 is 62.1 Å². The summed E-state index contributed by atoms with van der Waals surface area (Å²) in [6, 6.07) is 0. The van der Waals surface area contributed by atoms with Crippen LogP contribution in [0.4, 0.5) is 0 Å². The molecule has 1 aliphatic heterocycles. The molecule has 1 rings (SSSR count). The van der Waals surface area contributed by atoms with E-state index in [9.17, 15) is 0 Å². The number of rotatable bonds is 0. The van der Waals surface area contributed by atoms with E-state index in [0.29, 0.717) is 0 Å². The molecule has 0 saturated carbocycles. The Balaban J connectivity index is 2.00. The first-order chi connectivity index (χ1) is 4.00. The Morgan fingerprint density at radius 2 is 1.12 bits per heavy atom. The molecule has 8 heavy (non-hydrogen) atoms. The Hall–Kier alpha value is 0.799. The maximum atomic E-state index is 1.67. The van der Waals surface area contributed by atoms with Crippen LogP contribution in [-0.2, 0) is 0 Å². The summed E-state index contributed by atoms with van der Waals surface area (Å²) < 4.78 is 3.34. The molecule has 0 aromatic heterocycles. The quantitative estimate of drug-likeness (QED) is 0.546. The Morgan fingerprint density at radius 1 is 0.625 bits per heavy atom. The molecule has 1 heterocycles. The van der Waals surface area contributed by atoms with E-state index in [-0.39, 0.29) is 21.1 Å². The standard InChI is InChI=1S/C7H14.Sn/c1-3-5-7-6-4-2;/h1-7H2;/q;+2. The number of hydrogen-bond acceptors (Lipinski definition) is 0. The predicted molar refractivity (Wildman–Crippen MR) is 38.5 cm³/mol. The van der Waals surface area contributed by atoms with Gasteiger partial charge in [0.1, 0.15) is 0 Å². The average Bonchev–Trinajstić information content (AvgIpc) is 1.62. The van der Waals surface area contributed by atoms with Crippen LogP contribution >= 0.6 is 0 Å². The summed E-state index contributed by atoms with van der Waals surface area (Å²) in [4.78, 5) is 0. The van der Waals surface area contributed by atoms with Gasteiger partial charge in [0.2, 0.25) is 0 Å². The molecule has 0 spiro atoms. The van der Waals surface area contributed by atoms with Gasteiger partial charge in [-0.05, 0) is 0 Å². The van der Waals surface area contributed by atoms with Gasteiger partial charge in [-0.15, -0.1) is 0 Å². The molecule has 0 bridgehead atoms. The van der Waals surface area contributed by atoms with E-state index >= 15 is 0 Å². The van der Waals surface area contributed by atoms with E-state index in [2.05, 4.69) is 0 Å². The van der Waals surface area contributed by atoms with Crippen molar-refractivity contribution in [2.45, 2.75) is 41.0 Å². The van der Waals surface area contributed by atoms with Gasteiger partial charge < -0.3 is 0 Å². The van der Waals surface area contributed by atoms with Crippen molar-refractivity contribution in [3.8, 4) is 0 Å². The third-order valence-corrected chi connectivity index (χ3v) is 5.74. The fourth-order valence-corrected chi connectivity index (χ4v) is 4.72. The molecular formula is C7H14Sn+2. The molecule has 0 radical (unpaired) electrons. The van der Waals surface area contributed by atoms with Crippen LogP contribution in [0, 0.1) is 0 Å². The second-order valence-corrected chi connectivity index (χ2v) is 6.80. The molecule has 0 unspecified atom stereocenters. The number of hydrogen-bond donors (Lipinski definition) is 0. The molecule has 0 nitrogen and oxygen atoms in total. The second-order valence-electron chi connectivity index (χ2n) is 2.52. The van der Waals surface area contributed by atoms with Crippen LogP contribution in [0.1, 0.15) is 32.1 Å². The molecule has 44 valence electrons. The van der Waals surface area contributed by atoms with Crippen molar-refractivity contribution < 1.29 is 0 Å². The molecular weight excluding hydrogens is 203 g/mol. The van der Waals surface area contributed by atoms with Crippen molar-refractivity contribution in [3.63, 3.8) is 0 Å². The zero-order valence-corrected chi connectivity index (χ0v) is 8.30. The summed E-state index contributed by atoms with van der Waals surface area (Å²) in [5, 5.41) is 0. The first-order valence-corrected chi connectivity index (χ1v) is 7.74. The van der Waals surface area contributed by atoms with E-state index < -0.39 is 0 Å². The van der Waals surface area contributed by atoms with Crippen LogP contribution in [0.2, 0.25) is 8.87 Å². The van der Waals surface area contributed by atoms with Gasteiger partial charge in [-0.25, -0.2) is 0 Å². The molecule has 0 N–H and O–H groups in total. The second kappa shape index (κ2) is 4.66. The van der Waals surface area contributed by atoms with Crippen LogP contribution < -0.4 is 0 Å². The van der Waals surface area contributed by atoms with E-state index in [1.54, 1.807) is 34.6 Å². The molecule has 1 heteroatoms. The summed E-state index contributed by atoms with van der Waals surface area (Å²) in [6.07, 6.45) is 7.76. The van der Waals surface area contributed by atoms with Gasteiger partial charge in [-0.3, -0.25) is 0 Å². The normalized spacial score (nSPS) is 22.0. The Bertz CT molecular complexity index is 28.3. The average molecular weight is 217 g/mol. The van der Waals surface area contributed by atoms with Crippen molar-refractivity contribution in [2.75, 3.05) is 0 Å². The van der Waals surface area contributed by atoms with Gasteiger partial charge in [0.15, 0.2) is 0 Å². The zero-order chi connectivity index (χ0) is 5.66. The third kappa shape index (κ3) is 2.95. The van der Waals surface area contributed by atoms with Crippen LogP contribution in [0.3, 0.4) is 0 Å². The molecule has 0 atom stereocenters. The van der Waals surface area contributed by atoms with E-state index in [1.807, 2.05) is 0 Å². The predicted octanol–water partition coefficient (Wildman–Crippen LogP) is 2.49.